The summed E-state index contributed by atoms with van der Waals surface area (Å²) in [7, 11) is 0. The number of hydrogen-bond donors (Lipinski definition) is 0. The Morgan fingerprint density at radius 1 is 0.826 bits per heavy atom. The van der Waals surface area contributed by atoms with Gasteiger partial charge in [-0.05, 0) is 51.9 Å². The molecule has 1 rings (SSSR count). The quantitative estimate of drug-likeness (QED) is 0.503. The maximum Gasteiger partial charge on any atom is 0.308 e. The Morgan fingerprint density at radius 3 is 1.65 bits per heavy atom. The highest BCUT2D eigenvalue weighted by molar-refractivity contribution is 5.75. The van der Waals surface area contributed by atoms with Gasteiger partial charge in [-0.3, -0.25) is 14.4 Å². The summed E-state index contributed by atoms with van der Waals surface area (Å²) in [5.74, 6) is -0.932. The van der Waals surface area contributed by atoms with E-state index in [-0.39, 0.29) is 36.7 Å². The number of carbonyl (C=O) groups excluding carboxylic acids is 3. The highest BCUT2D eigenvalue weighted by Gasteiger charge is 2.41. The molecule has 1 fully saturated rings. The van der Waals surface area contributed by atoms with Crippen LogP contribution in [0.15, 0.2) is 0 Å². The van der Waals surface area contributed by atoms with E-state index in [0.29, 0.717) is 45.5 Å². The molecule has 0 aromatic heterocycles. The normalized spacial score (nSPS) is 17.3. The fraction of sp³-hybridized carbons (Fsp3) is 0.824. The van der Waals surface area contributed by atoms with Gasteiger partial charge in [0.1, 0.15) is 0 Å². The van der Waals surface area contributed by atoms with Crippen molar-refractivity contribution in [3.8, 4) is 0 Å². The average Bonchev–Trinajstić information content (AvgIpc) is 2.48. The summed E-state index contributed by atoms with van der Waals surface area (Å²) >= 11 is 0. The van der Waals surface area contributed by atoms with Crippen molar-refractivity contribution >= 4 is 17.9 Å². The van der Waals surface area contributed by atoms with E-state index in [2.05, 4.69) is 0 Å². The predicted molar refractivity (Wildman–Crippen MR) is 83.5 cm³/mol. The van der Waals surface area contributed by atoms with E-state index in [1.54, 1.807) is 20.8 Å². The zero-order valence-electron chi connectivity index (χ0n) is 14.4. The van der Waals surface area contributed by atoms with E-state index in [1.807, 2.05) is 0 Å². The third-order valence-electron chi connectivity index (χ3n) is 4.32. The monoisotopic (exact) mass is 328 g/mol. The first-order valence-corrected chi connectivity index (χ1v) is 8.44. The summed E-state index contributed by atoms with van der Waals surface area (Å²) in [4.78, 5) is 35.7. The molecule has 0 aromatic carbocycles. The molecule has 0 spiro atoms. The average molecular weight is 328 g/mol. The molecule has 1 aliphatic carbocycles. The minimum atomic E-state index is -0.471. The fourth-order valence-corrected chi connectivity index (χ4v) is 3.18. The maximum absolute atomic E-state index is 11.9. The lowest BCUT2D eigenvalue weighted by Gasteiger charge is -2.38. The van der Waals surface area contributed by atoms with Crippen LogP contribution in [0.1, 0.15) is 59.3 Å². The Balaban J connectivity index is 2.72. The molecule has 0 atom stereocenters. The summed E-state index contributed by atoms with van der Waals surface area (Å²) < 4.78 is 15.1. The van der Waals surface area contributed by atoms with E-state index in [4.69, 9.17) is 14.2 Å². The molecule has 0 saturated heterocycles. The zero-order chi connectivity index (χ0) is 17.3. The van der Waals surface area contributed by atoms with Crippen molar-refractivity contribution in [2.24, 2.45) is 11.3 Å². The van der Waals surface area contributed by atoms with Gasteiger partial charge in [-0.25, -0.2) is 0 Å². The van der Waals surface area contributed by atoms with E-state index >= 15 is 0 Å². The maximum atomic E-state index is 11.9. The molecule has 0 bridgehead atoms. The van der Waals surface area contributed by atoms with Crippen LogP contribution in [0, 0.1) is 11.3 Å². The van der Waals surface area contributed by atoms with Crippen molar-refractivity contribution in [3.05, 3.63) is 0 Å². The highest BCUT2D eigenvalue weighted by atomic mass is 16.5. The van der Waals surface area contributed by atoms with Gasteiger partial charge in [0.05, 0.1) is 38.6 Å². The van der Waals surface area contributed by atoms with Gasteiger partial charge < -0.3 is 14.2 Å². The topological polar surface area (TPSA) is 78.9 Å². The van der Waals surface area contributed by atoms with Crippen LogP contribution in [0.2, 0.25) is 0 Å². The SMILES string of the molecule is CCOC(=O)CC1(CC(=O)OCC)CCC(C(=O)OCC)CC1. The number of carbonyl (C=O) groups is 3. The zero-order valence-corrected chi connectivity index (χ0v) is 14.4. The van der Waals surface area contributed by atoms with Gasteiger partial charge in [-0.1, -0.05) is 0 Å². The molecule has 1 aliphatic rings. The van der Waals surface area contributed by atoms with Gasteiger partial charge >= 0.3 is 17.9 Å². The van der Waals surface area contributed by atoms with Crippen LogP contribution < -0.4 is 0 Å². The molecule has 0 radical (unpaired) electrons. The van der Waals surface area contributed by atoms with Crippen molar-refractivity contribution in [2.75, 3.05) is 19.8 Å². The molecular formula is C17H28O6. The number of rotatable bonds is 8. The Morgan fingerprint density at radius 2 is 1.26 bits per heavy atom. The van der Waals surface area contributed by atoms with Crippen LogP contribution in [0.4, 0.5) is 0 Å². The Labute approximate surface area is 137 Å². The largest absolute Gasteiger partial charge is 0.466 e. The van der Waals surface area contributed by atoms with Crippen molar-refractivity contribution in [2.45, 2.75) is 59.3 Å². The molecule has 0 unspecified atom stereocenters. The second-order valence-electron chi connectivity index (χ2n) is 5.99. The molecule has 23 heavy (non-hydrogen) atoms. The summed E-state index contributed by atoms with van der Waals surface area (Å²) in [5.41, 5.74) is -0.471. The van der Waals surface area contributed by atoms with Crippen molar-refractivity contribution in [1.29, 1.82) is 0 Å². The van der Waals surface area contributed by atoms with Crippen molar-refractivity contribution in [3.63, 3.8) is 0 Å². The van der Waals surface area contributed by atoms with Crippen molar-refractivity contribution in [1.82, 2.24) is 0 Å². The highest BCUT2D eigenvalue weighted by Crippen LogP contribution is 2.45. The van der Waals surface area contributed by atoms with Gasteiger partial charge in [0.15, 0.2) is 0 Å². The van der Waals surface area contributed by atoms with Gasteiger partial charge in [0.25, 0.3) is 0 Å². The summed E-state index contributed by atoms with van der Waals surface area (Å²) in [6, 6.07) is 0. The van der Waals surface area contributed by atoms with Gasteiger partial charge in [-0.2, -0.15) is 0 Å². The Bertz CT molecular complexity index is 387. The summed E-state index contributed by atoms with van der Waals surface area (Å²) in [6.07, 6.45) is 2.86. The number of hydrogen-bond acceptors (Lipinski definition) is 6. The molecule has 0 N–H and O–H groups in total. The first-order valence-electron chi connectivity index (χ1n) is 8.44. The Kier molecular flexibility index (Phi) is 8.06. The molecule has 1 saturated carbocycles. The summed E-state index contributed by atoms with van der Waals surface area (Å²) in [6.45, 7) is 6.30. The Hall–Kier alpha value is -1.59. The second-order valence-corrected chi connectivity index (χ2v) is 5.99. The third-order valence-corrected chi connectivity index (χ3v) is 4.32. The standard InChI is InChI=1S/C17H28O6/c1-4-21-14(18)11-17(12-15(19)22-5-2)9-7-13(8-10-17)16(20)23-6-3/h13H,4-12H2,1-3H3. The van der Waals surface area contributed by atoms with Crippen LogP contribution in [0.5, 0.6) is 0 Å². The fourth-order valence-electron chi connectivity index (χ4n) is 3.18. The van der Waals surface area contributed by atoms with Gasteiger partial charge in [0.2, 0.25) is 0 Å². The van der Waals surface area contributed by atoms with Crippen LogP contribution in [0.3, 0.4) is 0 Å². The van der Waals surface area contributed by atoms with E-state index in [0.717, 1.165) is 0 Å². The molecule has 132 valence electrons. The van der Waals surface area contributed by atoms with Crippen LogP contribution >= 0.6 is 0 Å². The predicted octanol–water partition coefficient (Wildman–Crippen LogP) is 2.63. The second kappa shape index (κ2) is 9.53. The van der Waals surface area contributed by atoms with E-state index < -0.39 is 5.41 Å². The van der Waals surface area contributed by atoms with Crippen LogP contribution in [-0.2, 0) is 28.6 Å². The van der Waals surface area contributed by atoms with Gasteiger partial charge in [0, 0.05) is 0 Å². The lowest BCUT2D eigenvalue weighted by Crippen LogP contribution is -2.35. The lowest BCUT2D eigenvalue weighted by atomic mass is 9.67. The molecule has 0 aromatic rings. The minimum Gasteiger partial charge on any atom is -0.466 e. The smallest absolute Gasteiger partial charge is 0.308 e. The molecule has 0 amide bonds. The van der Waals surface area contributed by atoms with E-state index in [9.17, 15) is 14.4 Å². The molecular weight excluding hydrogens is 300 g/mol. The lowest BCUT2D eigenvalue weighted by molar-refractivity contribution is -0.153. The number of ether oxygens (including phenoxy) is 3. The van der Waals surface area contributed by atoms with Crippen LogP contribution in [0.25, 0.3) is 0 Å². The first-order chi connectivity index (χ1) is 11.0. The number of esters is 3. The third kappa shape index (κ3) is 6.20. The molecule has 0 heterocycles. The molecule has 0 aliphatic heterocycles. The van der Waals surface area contributed by atoms with Crippen molar-refractivity contribution < 1.29 is 28.6 Å². The van der Waals surface area contributed by atoms with E-state index in [1.165, 1.54) is 0 Å². The molecule has 6 heteroatoms. The minimum absolute atomic E-state index is 0.146. The van der Waals surface area contributed by atoms with Crippen LogP contribution in [-0.4, -0.2) is 37.7 Å². The first kappa shape index (κ1) is 19.5. The summed E-state index contributed by atoms with van der Waals surface area (Å²) in [5, 5.41) is 0. The van der Waals surface area contributed by atoms with Gasteiger partial charge in [-0.15, -0.1) is 0 Å². The molecule has 6 nitrogen and oxygen atoms in total.